The second-order valence-electron chi connectivity index (χ2n) is 9.29. The van der Waals surface area contributed by atoms with Crippen molar-refractivity contribution in [1.82, 2.24) is 19.9 Å². The Morgan fingerprint density at radius 3 is 2.49 bits per heavy atom. The van der Waals surface area contributed by atoms with E-state index >= 15 is 0 Å². The second kappa shape index (κ2) is 9.92. The summed E-state index contributed by atoms with van der Waals surface area (Å²) >= 11 is 0. The highest BCUT2D eigenvalue weighted by atomic mass is 19.4. The number of likely N-dealkylation sites (tertiary alicyclic amines) is 1. The van der Waals surface area contributed by atoms with E-state index in [1.165, 1.54) is 37.1 Å². The highest BCUT2D eigenvalue weighted by Crippen LogP contribution is 2.38. The minimum absolute atomic E-state index is 0.0874. The summed E-state index contributed by atoms with van der Waals surface area (Å²) in [7, 11) is 1.30. The number of rotatable bonds is 5. The van der Waals surface area contributed by atoms with Gasteiger partial charge in [0.15, 0.2) is 17.6 Å². The lowest BCUT2D eigenvalue weighted by molar-refractivity contribution is -0.140. The normalized spacial score (nSPS) is 16.3. The van der Waals surface area contributed by atoms with Crippen molar-refractivity contribution in [1.29, 1.82) is 0 Å². The number of fused-ring (bicyclic) bond motifs is 1. The molecule has 0 spiro atoms. The van der Waals surface area contributed by atoms with E-state index in [0.29, 0.717) is 5.69 Å². The van der Waals surface area contributed by atoms with Gasteiger partial charge in [-0.2, -0.15) is 13.2 Å². The number of carbonyl (C=O) groups excluding carboxylic acids is 1. The van der Waals surface area contributed by atoms with Gasteiger partial charge in [0.25, 0.3) is 5.91 Å². The number of pyridine rings is 2. The third-order valence-electron chi connectivity index (χ3n) is 6.80. The van der Waals surface area contributed by atoms with Gasteiger partial charge in [0.1, 0.15) is 22.6 Å². The number of benzene rings is 1. The molecule has 39 heavy (non-hydrogen) atoms. The van der Waals surface area contributed by atoms with E-state index in [9.17, 15) is 27.5 Å². The van der Waals surface area contributed by atoms with Crippen LogP contribution in [0, 0.1) is 0 Å². The zero-order chi connectivity index (χ0) is 27.9. The number of aromatic nitrogens is 3. The molecule has 5 rings (SSSR count). The topological polar surface area (TPSA) is 102 Å². The van der Waals surface area contributed by atoms with Crippen molar-refractivity contribution in [3.63, 3.8) is 0 Å². The van der Waals surface area contributed by atoms with Gasteiger partial charge in [-0.05, 0) is 56.2 Å². The number of halogens is 4. The van der Waals surface area contributed by atoms with Crippen molar-refractivity contribution in [2.45, 2.75) is 37.7 Å². The fourth-order valence-electron chi connectivity index (χ4n) is 4.69. The number of amides is 1. The molecule has 0 radical (unpaired) electrons. The lowest BCUT2D eigenvalue weighted by atomic mass is 9.87. The zero-order valence-corrected chi connectivity index (χ0v) is 21.0. The highest BCUT2D eigenvalue weighted by molar-refractivity contribution is 5.98. The molecule has 1 saturated heterocycles. The van der Waals surface area contributed by atoms with E-state index in [1.807, 2.05) is 0 Å². The number of hydrogen-bond acceptors (Lipinski definition) is 7. The molecule has 0 aliphatic carbocycles. The molecule has 12 heteroatoms. The molecule has 1 fully saturated rings. The number of piperidine rings is 1. The third kappa shape index (κ3) is 4.91. The van der Waals surface area contributed by atoms with Crippen LogP contribution in [0.25, 0.3) is 22.4 Å². The van der Waals surface area contributed by atoms with E-state index in [0.717, 1.165) is 6.07 Å². The Bertz CT molecular complexity index is 1510. The molecule has 0 unspecified atom stereocenters. The molecule has 1 atom stereocenters. The average Bonchev–Trinajstić information content (AvgIpc) is 3.38. The summed E-state index contributed by atoms with van der Waals surface area (Å²) in [4.78, 5) is 27.1. The first-order valence-electron chi connectivity index (χ1n) is 12.1. The summed E-state index contributed by atoms with van der Waals surface area (Å²) in [6.45, 7) is 1.54. The van der Waals surface area contributed by atoms with Gasteiger partial charge < -0.3 is 19.2 Å². The van der Waals surface area contributed by atoms with Crippen LogP contribution in [-0.4, -0.2) is 51.1 Å². The summed E-state index contributed by atoms with van der Waals surface area (Å²) in [6, 6.07) is 10.1. The molecule has 8 nitrogen and oxygen atoms in total. The molecule has 1 amide bonds. The molecule has 4 heterocycles. The van der Waals surface area contributed by atoms with Crippen molar-refractivity contribution < 1.29 is 36.6 Å². The van der Waals surface area contributed by atoms with Crippen molar-refractivity contribution >= 4 is 16.8 Å². The molecule has 0 bridgehead atoms. The minimum atomic E-state index is -4.67. The predicted octanol–water partition coefficient (Wildman–Crippen LogP) is 5.47. The van der Waals surface area contributed by atoms with E-state index < -0.39 is 29.6 Å². The van der Waals surface area contributed by atoms with Gasteiger partial charge >= 0.3 is 6.18 Å². The van der Waals surface area contributed by atoms with Crippen LogP contribution < -0.4 is 4.74 Å². The number of oxazole rings is 1. The summed E-state index contributed by atoms with van der Waals surface area (Å²) in [5.74, 6) is -0.933. The number of ether oxygens (including phenoxy) is 1. The van der Waals surface area contributed by atoms with Crippen molar-refractivity contribution in [2.75, 3.05) is 20.2 Å². The van der Waals surface area contributed by atoms with Crippen LogP contribution in [0.15, 0.2) is 53.1 Å². The van der Waals surface area contributed by atoms with Crippen LogP contribution in [0.4, 0.5) is 17.6 Å². The SMILES string of the molecule is COc1ccc(-c2nc(C(=O)N3CCC(O)(c4ccccn4)CC3)c([C@H](C)F)o2)c2ccc(C(F)(F)F)nc12. The predicted molar refractivity (Wildman–Crippen MR) is 132 cm³/mol. The quantitative estimate of drug-likeness (QED) is 0.333. The standard InChI is InChI=1S/C27H24F4N4O4/c1-15(28)23-22(25(36)35-13-10-26(37,11-14-35)19-5-3-4-12-32-19)34-24(39-23)17-6-8-18(38-2)21-16(17)7-9-20(33-21)27(29,30)31/h3-9,12,15,37H,10-11,13-14H2,1-2H3/t15-/m0/s1. The zero-order valence-electron chi connectivity index (χ0n) is 21.0. The van der Waals surface area contributed by atoms with Crippen LogP contribution in [0.3, 0.4) is 0 Å². The van der Waals surface area contributed by atoms with Gasteiger partial charge in [-0.3, -0.25) is 9.78 Å². The maximum atomic E-state index is 14.6. The minimum Gasteiger partial charge on any atom is -0.494 e. The molecule has 3 aromatic heterocycles. The van der Waals surface area contributed by atoms with Crippen molar-refractivity contribution in [2.24, 2.45) is 0 Å². The Morgan fingerprint density at radius 1 is 1.13 bits per heavy atom. The first-order chi connectivity index (χ1) is 18.5. The molecule has 1 aromatic carbocycles. The molecular formula is C27H24F4N4O4. The summed E-state index contributed by atoms with van der Waals surface area (Å²) in [5, 5.41) is 11.3. The summed E-state index contributed by atoms with van der Waals surface area (Å²) in [6.07, 6.45) is -4.35. The molecule has 1 aliphatic heterocycles. The Balaban J connectivity index is 1.49. The molecular weight excluding hydrogens is 520 g/mol. The van der Waals surface area contributed by atoms with Crippen molar-refractivity contribution in [3.8, 4) is 17.2 Å². The number of hydrogen-bond donors (Lipinski definition) is 1. The Kier molecular flexibility index (Phi) is 6.75. The van der Waals surface area contributed by atoms with E-state index in [2.05, 4.69) is 15.0 Å². The Labute approximate surface area is 220 Å². The van der Waals surface area contributed by atoms with Crippen LogP contribution >= 0.6 is 0 Å². The van der Waals surface area contributed by atoms with Crippen LogP contribution in [0.2, 0.25) is 0 Å². The van der Waals surface area contributed by atoms with Gasteiger partial charge in [-0.25, -0.2) is 14.4 Å². The number of methoxy groups -OCH3 is 1. The van der Waals surface area contributed by atoms with E-state index in [4.69, 9.17) is 9.15 Å². The molecule has 1 aliphatic rings. The number of nitrogens with zero attached hydrogens (tertiary/aromatic N) is 4. The largest absolute Gasteiger partial charge is 0.494 e. The van der Waals surface area contributed by atoms with Gasteiger partial charge in [0.05, 0.1) is 12.8 Å². The molecule has 204 valence electrons. The van der Waals surface area contributed by atoms with Gasteiger partial charge in [0, 0.05) is 30.2 Å². The number of alkyl halides is 4. The number of aliphatic hydroxyl groups is 1. The molecule has 1 N–H and O–H groups in total. The lowest BCUT2D eigenvalue weighted by Crippen LogP contribution is -2.45. The number of carbonyl (C=O) groups is 1. The monoisotopic (exact) mass is 544 g/mol. The Morgan fingerprint density at radius 2 is 1.87 bits per heavy atom. The van der Waals surface area contributed by atoms with Crippen LogP contribution in [0.1, 0.15) is 53.6 Å². The third-order valence-corrected chi connectivity index (χ3v) is 6.80. The van der Waals surface area contributed by atoms with Crippen molar-refractivity contribution in [3.05, 3.63) is 71.5 Å². The first kappa shape index (κ1) is 26.5. The van der Waals surface area contributed by atoms with Gasteiger partial charge in [-0.15, -0.1) is 0 Å². The summed E-state index contributed by atoms with van der Waals surface area (Å²) < 4.78 is 65.4. The highest BCUT2D eigenvalue weighted by Gasteiger charge is 2.39. The lowest BCUT2D eigenvalue weighted by Gasteiger charge is -2.37. The smallest absolute Gasteiger partial charge is 0.433 e. The Hall–Kier alpha value is -4.06. The fraction of sp³-hybridized carbons (Fsp3) is 0.333. The maximum absolute atomic E-state index is 14.6. The second-order valence-corrected chi connectivity index (χ2v) is 9.29. The van der Waals surface area contributed by atoms with E-state index in [1.54, 1.807) is 24.4 Å². The van der Waals surface area contributed by atoms with Crippen LogP contribution in [0.5, 0.6) is 5.75 Å². The van der Waals surface area contributed by atoms with Gasteiger partial charge in [-0.1, -0.05) is 6.07 Å². The molecule has 4 aromatic rings. The maximum Gasteiger partial charge on any atom is 0.433 e. The van der Waals surface area contributed by atoms with Crippen LogP contribution in [-0.2, 0) is 11.8 Å². The first-order valence-corrected chi connectivity index (χ1v) is 12.1. The fourth-order valence-corrected chi connectivity index (χ4v) is 4.69. The summed E-state index contributed by atoms with van der Waals surface area (Å²) in [5.41, 5.74) is -1.91. The molecule has 0 saturated carbocycles. The average molecular weight is 545 g/mol. The van der Waals surface area contributed by atoms with E-state index in [-0.39, 0.29) is 65.5 Å². The van der Waals surface area contributed by atoms with Gasteiger partial charge in [0.2, 0.25) is 5.89 Å².